The number of hydrogen-bond donors (Lipinski definition) is 0. The second-order valence-corrected chi connectivity index (χ2v) is 4.86. The van der Waals surface area contributed by atoms with Crippen LogP contribution >= 0.6 is 0 Å². The minimum atomic E-state index is 0.381. The molecular formula is C13H22O2. The molecule has 0 aromatic heterocycles. The topological polar surface area (TPSA) is 18.5 Å². The second kappa shape index (κ2) is 5.55. The van der Waals surface area contributed by atoms with Crippen LogP contribution in [0.15, 0.2) is 12.8 Å². The molecule has 0 aromatic rings. The molecule has 0 heterocycles. The van der Waals surface area contributed by atoms with E-state index in [2.05, 4.69) is 6.58 Å². The summed E-state index contributed by atoms with van der Waals surface area (Å²) < 4.78 is 10.7. The summed E-state index contributed by atoms with van der Waals surface area (Å²) in [5.41, 5.74) is 0. The highest BCUT2D eigenvalue weighted by molar-refractivity contribution is 4.83. The third-order valence-corrected chi connectivity index (χ3v) is 3.98. The van der Waals surface area contributed by atoms with Crippen molar-refractivity contribution in [1.82, 2.24) is 0 Å². The molecule has 3 atom stereocenters. The lowest BCUT2D eigenvalue weighted by molar-refractivity contribution is -0.0859. The van der Waals surface area contributed by atoms with Gasteiger partial charge in [-0.2, -0.15) is 0 Å². The van der Waals surface area contributed by atoms with Crippen LogP contribution in [0.5, 0.6) is 0 Å². The van der Waals surface area contributed by atoms with Gasteiger partial charge in [-0.1, -0.05) is 32.3 Å². The van der Waals surface area contributed by atoms with Crippen molar-refractivity contribution in [2.45, 2.75) is 51.0 Å². The highest BCUT2D eigenvalue weighted by atomic mass is 16.7. The van der Waals surface area contributed by atoms with Crippen molar-refractivity contribution < 1.29 is 9.47 Å². The van der Waals surface area contributed by atoms with Crippen LogP contribution in [0.25, 0.3) is 0 Å². The largest absolute Gasteiger partial charge is 0.476 e. The molecule has 0 aliphatic heterocycles. The van der Waals surface area contributed by atoms with Gasteiger partial charge in [0, 0.05) is 0 Å². The Bertz CT molecular complexity index is 203. The van der Waals surface area contributed by atoms with Crippen molar-refractivity contribution in [3.05, 3.63) is 12.8 Å². The Morgan fingerprint density at radius 3 is 2.67 bits per heavy atom. The van der Waals surface area contributed by atoms with Gasteiger partial charge < -0.3 is 9.47 Å². The van der Waals surface area contributed by atoms with E-state index >= 15 is 0 Å². The fourth-order valence-corrected chi connectivity index (χ4v) is 3.17. The minimum absolute atomic E-state index is 0.381. The molecule has 0 N–H and O–H groups in total. The van der Waals surface area contributed by atoms with Crippen molar-refractivity contribution in [2.24, 2.45) is 11.8 Å². The molecule has 0 spiro atoms. The first-order valence-electron chi connectivity index (χ1n) is 6.24. The Hall–Kier alpha value is -0.500. The van der Waals surface area contributed by atoms with E-state index in [1.54, 1.807) is 0 Å². The van der Waals surface area contributed by atoms with Gasteiger partial charge in [0.25, 0.3) is 0 Å². The first-order valence-corrected chi connectivity index (χ1v) is 6.24. The Morgan fingerprint density at radius 2 is 1.87 bits per heavy atom. The average molecular weight is 210 g/mol. The molecule has 2 fully saturated rings. The maximum atomic E-state index is 5.68. The van der Waals surface area contributed by atoms with Crippen molar-refractivity contribution in [3.8, 4) is 0 Å². The van der Waals surface area contributed by atoms with E-state index in [1.165, 1.54) is 51.2 Å². The summed E-state index contributed by atoms with van der Waals surface area (Å²) in [6, 6.07) is 0. The van der Waals surface area contributed by atoms with Gasteiger partial charge >= 0.3 is 0 Å². The summed E-state index contributed by atoms with van der Waals surface area (Å²) >= 11 is 0. The van der Waals surface area contributed by atoms with Gasteiger partial charge in [0.2, 0.25) is 0 Å². The molecule has 2 nitrogen and oxygen atoms in total. The quantitative estimate of drug-likeness (QED) is 0.402. The molecule has 2 heteroatoms. The molecule has 2 aliphatic rings. The van der Waals surface area contributed by atoms with E-state index in [-0.39, 0.29) is 0 Å². The molecular weight excluding hydrogens is 188 g/mol. The van der Waals surface area contributed by atoms with Gasteiger partial charge in [-0.05, 0) is 31.1 Å². The second-order valence-electron chi connectivity index (χ2n) is 4.86. The standard InChI is InChI=1S/C13H22O2/c1-2-14-10-15-13-8-7-11-5-3-4-6-12(11)9-13/h2,11-13H,1,3-10H2. The predicted molar refractivity (Wildman–Crippen MR) is 60.3 cm³/mol. The molecule has 0 radical (unpaired) electrons. The molecule has 3 unspecified atom stereocenters. The maximum absolute atomic E-state index is 5.68. The fraction of sp³-hybridized carbons (Fsp3) is 0.846. The van der Waals surface area contributed by atoms with E-state index in [0.29, 0.717) is 12.9 Å². The predicted octanol–water partition coefficient (Wildman–Crippen LogP) is 3.48. The summed E-state index contributed by atoms with van der Waals surface area (Å²) in [5, 5.41) is 0. The summed E-state index contributed by atoms with van der Waals surface area (Å²) in [5.74, 6) is 1.93. The lowest BCUT2D eigenvalue weighted by Crippen LogP contribution is -2.32. The highest BCUT2D eigenvalue weighted by Gasteiger charge is 2.32. The zero-order chi connectivity index (χ0) is 10.5. The van der Waals surface area contributed by atoms with Crippen LogP contribution in [0.1, 0.15) is 44.9 Å². The van der Waals surface area contributed by atoms with Gasteiger partial charge in [-0.25, -0.2) is 0 Å². The highest BCUT2D eigenvalue weighted by Crippen LogP contribution is 2.41. The molecule has 2 rings (SSSR count). The summed E-state index contributed by atoms with van der Waals surface area (Å²) in [4.78, 5) is 0. The van der Waals surface area contributed by atoms with Gasteiger partial charge in [0.15, 0.2) is 6.79 Å². The molecule has 0 saturated heterocycles. The third kappa shape index (κ3) is 2.97. The Balaban J connectivity index is 1.73. The zero-order valence-corrected chi connectivity index (χ0v) is 9.49. The van der Waals surface area contributed by atoms with Crippen LogP contribution in [0, 0.1) is 11.8 Å². The monoisotopic (exact) mass is 210 g/mol. The van der Waals surface area contributed by atoms with Crippen LogP contribution in [-0.4, -0.2) is 12.9 Å². The van der Waals surface area contributed by atoms with Gasteiger partial charge in [-0.3, -0.25) is 0 Å². The van der Waals surface area contributed by atoms with E-state index in [1.807, 2.05) is 0 Å². The summed E-state index contributed by atoms with van der Waals surface area (Å²) in [6.07, 6.45) is 11.5. The van der Waals surface area contributed by atoms with Crippen LogP contribution in [0.3, 0.4) is 0 Å². The summed E-state index contributed by atoms with van der Waals surface area (Å²) in [6.45, 7) is 3.89. The smallest absolute Gasteiger partial charge is 0.188 e. The SMILES string of the molecule is C=COCOC1CCC2CCCCC2C1. The lowest BCUT2D eigenvalue weighted by atomic mass is 9.70. The minimum Gasteiger partial charge on any atom is -0.476 e. The van der Waals surface area contributed by atoms with Crippen molar-refractivity contribution in [1.29, 1.82) is 0 Å². The number of fused-ring (bicyclic) bond motifs is 1. The molecule has 15 heavy (non-hydrogen) atoms. The van der Waals surface area contributed by atoms with Crippen LogP contribution < -0.4 is 0 Å². The van der Waals surface area contributed by atoms with Crippen LogP contribution in [0.2, 0.25) is 0 Å². The van der Waals surface area contributed by atoms with E-state index in [9.17, 15) is 0 Å². The van der Waals surface area contributed by atoms with E-state index < -0.39 is 0 Å². The van der Waals surface area contributed by atoms with E-state index in [4.69, 9.17) is 9.47 Å². The number of hydrogen-bond acceptors (Lipinski definition) is 2. The van der Waals surface area contributed by atoms with Crippen molar-refractivity contribution in [2.75, 3.05) is 6.79 Å². The first-order chi connectivity index (χ1) is 7.40. The first kappa shape index (κ1) is 11.0. The Kier molecular flexibility index (Phi) is 4.07. The molecule has 86 valence electrons. The molecule has 0 amide bonds. The van der Waals surface area contributed by atoms with Crippen molar-refractivity contribution >= 4 is 0 Å². The van der Waals surface area contributed by atoms with Crippen LogP contribution in [-0.2, 0) is 9.47 Å². The molecule has 0 bridgehead atoms. The Morgan fingerprint density at radius 1 is 1.07 bits per heavy atom. The van der Waals surface area contributed by atoms with Gasteiger partial charge in [0.1, 0.15) is 0 Å². The Labute approximate surface area is 92.6 Å². The third-order valence-electron chi connectivity index (χ3n) is 3.98. The lowest BCUT2D eigenvalue weighted by Gasteiger charge is -2.38. The average Bonchev–Trinajstić information content (AvgIpc) is 2.29. The molecule has 0 aromatic carbocycles. The van der Waals surface area contributed by atoms with Gasteiger partial charge in [-0.15, -0.1) is 0 Å². The zero-order valence-electron chi connectivity index (χ0n) is 9.49. The molecule has 2 aliphatic carbocycles. The summed E-state index contributed by atoms with van der Waals surface area (Å²) in [7, 11) is 0. The number of rotatable bonds is 4. The fourth-order valence-electron chi connectivity index (χ4n) is 3.17. The maximum Gasteiger partial charge on any atom is 0.188 e. The van der Waals surface area contributed by atoms with Crippen LogP contribution in [0.4, 0.5) is 0 Å². The van der Waals surface area contributed by atoms with Gasteiger partial charge in [0.05, 0.1) is 12.4 Å². The van der Waals surface area contributed by atoms with Crippen molar-refractivity contribution in [3.63, 3.8) is 0 Å². The molecule has 2 saturated carbocycles. The number of ether oxygens (including phenoxy) is 2. The van der Waals surface area contributed by atoms with E-state index in [0.717, 1.165) is 11.8 Å². The normalized spacial score (nSPS) is 35.6.